The molecule has 0 spiro atoms. The highest BCUT2D eigenvalue weighted by Gasteiger charge is 2.28. The van der Waals surface area contributed by atoms with Gasteiger partial charge >= 0.3 is 0 Å². The summed E-state index contributed by atoms with van der Waals surface area (Å²) >= 11 is 8.15. The summed E-state index contributed by atoms with van der Waals surface area (Å²) in [6.07, 6.45) is 2.28. The number of aryl methyl sites for hydroxylation is 1. The van der Waals surface area contributed by atoms with Gasteiger partial charge in [0.1, 0.15) is 5.03 Å². The fourth-order valence-corrected chi connectivity index (χ4v) is 5.33. The van der Waals surface area contributed by atoms with Gasteiger partial charge in [-0.15, -0.1) is 11.8 Å². The molecule has 4 aromatic rings. The molecule has 5 rings (SSSR count). The largest absolute Gasteiger partial charge is 0.436 e. The third-order valence-corrected chi connectivity index (χ3v) is 7.61. The fraction of sp³-hybridized carbons (Fsp3) is 0.250. The number of hydrogen-bond acceptors (Lipinski definition) is 6. The summed E-state index contributed by atoms with van der Waals surface area (Å²) < 4.78 is 6.31. The molecule has 1 aliphatic heterocycles. The first-order chi connectivity index (χ1) is 16.9. The molecule has 0 saturated carbocycles. The number of fused-ring (bicyclic) bond motifs is 2. The Morgan fingerprint density at radius 2 is 1.83 bits per heavy atom. The summed E-state index contributed by atoms with van der Waals surface area (Å²) in [6, 6.07) is 16.3. The van der Waals surface area contributed by atoms with Crippen LogP contribution in [0.3, 0.4) is 0 Å². The monoisotopic (exact) mass is 503 g/mol. The molecule has 1 N–H and O–H groups in total. The maximum absolute atomic E-state index is 9.89. The number of benzene rings is 2. The molecule has 0 unspecified atom stereocenters. The zero-order valence-corrected chi connectivity index (χ0v) is 21.5. The molecule has 7 heteroatoms. The van der Waals surface area contributed by atoms with Crippen molar-refractivity contribution in [2.75, 3.05) is 0 Å². The standard InChI is InChI=1S/C28H26ClN3O2S/c1-16(2)19-10-8-18(9-11-19)15-35-28-23-12-22-20(14-33)13-30-17(3)25(22)34-27(23)31-26(32-28)21-6-4-5-7-24(21)29/h4-11,13,16,33H,12,14-15H2,1-3H3. The van der Waals surface area contributed by atoms with Gasteiger partial charge in [0.25, 0.3) is 0 Å². The molecular formula is C28H26ClN3O2S. The van der Waals surface area contributed by atoms with Crippen LogP contribution in [0.4, 0.5) is 0 Å². The van der Waals surface area contributed by atoms with Gasteiger partial charge in [-0.1, -0.05) is 61.8 Å². The second-order valence-corrected chi connectivity index (χ2v) is 10.3. The maximum Gasteiger partial charge on any atom is 0.227 e. The number of pyridine rings is 1. The SMILES string of the molecule is Cc1ncc(CO)c2c1Oc1nc(-c3ccccc3Cl)nc(SCc3ccc(C(C)C)cc3)c1C2. The van der Waals surface area contributed by atoms with Crippen molar-refractivity contribution in [2.45, 2.75) is 50.5 Å². The van der Waals surface area contributed by atoms with Gasteiger partial charge in [-0.3, -0.25) is 4.98 Å². The van der Waals surface area contributed by atoms with Crippen molar-refractivity contribution in [3.8, 4) is 23.0 Å². The van der Waals surface area contributed by atoms with E-state index in [0.29, 0.717) is 34.8 Å². The Bertz CT molecular complexity index is 1390. The van der Waals surface area contributed by atoms with Gasteiger partial charge in [-0.25, -0.2) is 4.98 Å². The van der Waals surface area contributed by atoms with E-state index in [4.69, 9.17) is 26.3 Å². The van der Waals surface area contributed by atoms with E-state index in [-0.39, 0.29) is 6.61 Å². The molecule has 178 valence electrons. The van der Waals surface area contributed by atoms with Crippen LogP contribution in [0.2, 0.25) is 5.02 Å². The first-order valence-electron chi connectivity index (χ1n) is 11.6. The van der Waals surface area contributed by atoms with E-state index in [9.17, 15) is 5.11 Å². The molecule has 0 radical (unpaired) electrons. The lowest BCUT2D eigenvalue weighted by Crippen LogP contribution is -2.13. The van der Waals surface area contributed by atoms with Gasteiger partial charge in [0.05, 0.1) is 22.9 Å². The van der Waals surface area contributed by atoms with Crippen molar-refractivity contribution in [3.05, 3.63) is 93.3 Å². The molecule has 3 heterocycles. The Morgan fingerprint density at radius 3 is 2.54 bits per heavy atom. The van der Waals surface area contributed by atoms with E-state index >= 15 is 0 Å². The minimum Gasteiger partial charge on any atom is -0.436 e. The number of nitrogens with zero attached hydrogens (tertiary/aromatic N) is 3. The average molecular weight is 504 g/mol. The summed E-state index contributed by atoms with van der Waals surface area (Å²) in [7, 11) is 0. The predicted octanol–water partition coefficient (Wildman–Crippen LogP) is 7.10. The van der Waals surface area contributed by atoms with Gasteiger partial charge < -0.3 is 9.84 Å². The number of halogens is 1. The second kappa shape index (κ2) is 9.97. The minimum atomic E-state index is -0.0997. The van der Waals surface area contributed by atoms with E-state index in [1.807, 2.05) is 31.2 Å². The lowest BCUT2D eigenvalue weighted by molar-refractivity contribution is 0.278. The Hall–Kier alpha value is -2.93. The number of ether oxygens (including phenoxy) is 1. The smallest absolute Gasteiger partial charge is 0.227 e. The molecule has 0 aliphatic carbocycles. The summed E-state index contributed by atoms with van der Waals surface area (Å²) in [5.74, 6) is 2.96. The number of thioether (sulfide) groups is 1. The fourth-order valence-electron chi connectivity index (χ4n) is 4.13. The summed E-state index contributed by atoms with van der Waals surface area (Å²) in [4.78, 5) is 14.1. The van der Waals surface area contributed by atoms with Crippen LogP contribution in [0.15, 0.2) is 59.8 Å². The van der Waals surface area contributed by atoms with Gasteiger partial charge in [0, 0.05) is 35.1 Å². The molecule has 5 nitrogen and oxygen atoms in total. The van der Waals surface area contributed by atoms with Gasteiger partial charge in [0.2, 0.25) is 5.88 Å². The highest BCUT2D eigenvalue weighted by molar-refractivity contribution is 7.98. The molecular weight excluding hydrogens is 478 g/mol. The molecule has 0 atom stereocenters. The van der Waals surface area contributed by atoms with E-state index in [0.717, 1.165) is 38.7 Å². The van der Waals surface area contributed by atoms with Gasteiger partial charge in [-0.2, -0.15) is 4.98 Å². The number of aliphatic hydroxyl groups is 1. The third kappa shape index (κ3) is 4.79. The molecule has 2 aromatic carbocycles. The van der Waals surface area contributed by atoms with Crippen molar-refractivity contribution in [1.82, 2.24) is 15.0 Å². The lowest BCUT2D eigenvalue weighted by Gasteiger charge is -2.24. The average Bonchev–Trinajstić information content (AvgIpc) is 2.87. The van der Waals surface area contributed by atoms with Crippen LogP contribution in [0.5, 0.6) is 11.6 Å². The van der Waals surface area contributed by atoms with Crippen LogP contribution in [0.25, 0.3) is 11.4 Å². The number of hydrogen-bond donors (Lipinski definition) is 1. The van der Waals surface area contributed by atoms with Crippen molar-refractivity contribution >= 4 is 23.4 Å². The minimum absolute atomic E-state index is 0.0997. The van der Waals surface area contributed by atoms with E-state index < -0.39 is 0 Å². The summed E-state index contributed by atoms with van der Waals surface area (Å²) in [6.45, 7) is 6.20. The molecule has 35 heavy (non-hydrogen) atoms. The van der Waals surface area contributed by atoms with Crippen molar-refractivity contribution in [1.29, 1.82) is 0 Å². The highest BCUT2D eigenvalue weighted by Crippen LogP contribution is 2.43. The number of aliphatic hydroxyl groups excluding tert-OH is 1. The Labute approximate surface area is 214 Å². The van der Waals surface area contributed by atoms with E-state index in [1.165, 1.54) is 11.1 Å². The first kappa shape index (κ1) is 23.8. The highest BCUT2D eigenvalue weighted by atomic mass is 35.5. The quantitative estimate of drug-likeness (QED) is 0.197. The molecule has 0 saturated heterocycles. The second-order valence-electron chi connectivity index (χ2n) is 8.91. The molecule has 0 bridgehead atoms. The topological polar surface area (TPSA) is 68.1 Å². The zero-order valence-electron chi connectivity index (χ0n) is 19.9. The van der Waals surface area contributed by atoms with Crippen LogP contribution in [-0.4, -0.2) is 20.1 Å². The summed E-state index contributed by atoms with van der Waals surface area (Å²) in [5, 5.41) is 11.3. The Morgan fingerprint density at radius 1 is 1.06 bits per heavy atom. The van der Waals surface area contributed by atoms with Crippen LogP contribution in [0, 0.1) is 6.92 Å². The van der Waals surface area contributed by atoms with Crippen LogP contribution < -0.4 is 4.74 Å². The third-order valence-electron chi connectivity index (χ3n) is 6.19. The van der Waals surface area contributed by atoms with Crippen molar-refractivity contribution < 1.29 is 9.84 Å². The lowest BCUT2D eigenvalue weighted by atomic mass is 9.99. The van der Waals surface area contributed by atoms with Crippen molar-refractivity contribution in [3.63, 3.8) is 0 Å². The Balaban J connectivity index is 1.56. The maximum atomic E-state index is 9.89. The van der Waals surface area contributed by atoms with Crippen molar-refractivity contribution in [2.24, 2.45) is 0 Å². The molecule has 0 fully saturated rings. The van der Waals surface area contributed by atoms with Crippen LogP contribution in [-0.2, 0) is 18.8 Å². The van der Waals surface area contributed by atoms with Crippen LogP contribution in [0.1, 0.15) is 53.3 Å². The Kier molecular flexibility index (Phi) is 6.78. The van der Waals surface area contributed by atoms with Gasteiger partial charge in [0.15, 0.2) is 11.6 Å². The van der Waals surface area contributed by atoms with Gasteiger partial charge in [-0.05, 0) is 36.1 Å². The molecule has 2 aromatic heterocycles. The van der Waals surface area contributed by atoms with E-state index in [2.05, 4.69) is 43.1 Å². The normalized spacial score (nSPS) is 12.3. The van der Waals surface area contributed by atoms with E-state index in [1.54, 1.807) is 18.0 Å². The summed E-state index contributed by atoms with van der Waals surface area (Å²) in [5.41, 5.74) is 6.67. The number of aromatic nitrogens is 3. The predicted molar refractivity (Wildman–Crippen MR) is 140 cm³/mol. The number of rotatable bonds is 6. The van der Waals surface area contributed by atoms with Crippen LogP contribution >= 0.6 is 23.4 Å². The molecule has 1 aliphatic rings. The molecule has 0 amide bonds. The first-order valence-corrected chi connectivity index (χ1v) is 12.9. The zero-order chi connectivity index (χ0) is 24.5.